The molecule has 6 rings (SSSR count). The first-order valence-corrected chi connectivity index (χ1v) is 14.6. The van der Waals surface area contributed by atoms with Crippen molar-refractivity contribution in [3.05, 3.63) is 132 Å². The van der Waals surface area contributed by atoms with Gasteiger partial charge in [-0.3, -0.25) is 14.7 Å². The molecule has 1 aliphatic rings. The summed E-state index contributed by atoms with van der Waals surface area (Å²) in [5, 5.41) is 0.956. The normalized spacial score (nSPS) is 16.3. The number of para-hydroxylation sites is 3. The van der Waals surface area contributed by atoms with Crippen molar-refractivity contribution in [1.82, 2.24) is 4.98 Å². The number of nitrogens with zero attached hydrogens (tertiary/aromatic N) is 2. The molecule has 0 fully saturated rings. The third-order valence-electron chi connectivity index (χ3n) is 7.77. The van der Waals surface area contributed by atoms with E-state index in [9.17, 15) is 4.79 Å². The molecule has 4 aromatic carbocycles. The van der Waals surface area contributed by atoms with E-state index in [1.165, 1.54) is 0 Å². The number of benzene rings is 4. The smallest absolute Gasteiger partial charge is 0.259 e. The molecule has 1 aromatic heterocycles. The van der Waals surface area contributed by atoms with E-state index in [1.54, 1.807) is 6.20 Å². The van der Waals surface area contributed by atoms with Gasteiger partial charge in [0.2, 0.25) is 0 Å². The van der Waals surface area contributed by atoms with E-state index in [4.69, 9.17) is 9.47 Å². The predicted molar refractivity (Wildman–Crippen MR) is 172 cm³/mol. The summed E-state index contributed by atoms with van der Waals surface area (Å²) < 4.78 is 12.3. The highest BCUT2D eigenvalue weighted by Gasteiger charge is 2.41. The summed E-state index contributed by atoms with van der Waals surface area (Å²) in [6, 6.07) is 34.9. The number of ether oxygens (including phenoxy) is 2. The molecular formula is C38H34N2O3. The summed E-state index contributed by atoms with van der Waals surface area (Å²) in [4.78, 5) is 21.0. The molecule has 1 amide bonds. The van der Waals surface area contributed by atoms with Crippen LogP contribution in [-0.2, 0) is 5.41 Å². The molecule has 2 unspecified atom stereocenters. The van der Waals surface area contributed by atoms with Crippen molar-refractivity contribution in [2.75, 3.05) is 18.1 Å². The number of rotatable bonds is 6. The summed E-state index contributed by atoms with van der Waals surface area (Å²) in [6.07, 6.45) is 1.76. The van der Waals surface area contributed by atoms with Gasteiger partial charge in [-0.2, -0.15) is 0 Å². The van der Waals surface area contributed by atoms with E-state index < -0.39 is 6.04 Å². The zero-order valence-corrected chi connectivity index (χ0v) is 24.7. The topological polar surface area (TPSA) is 51.7 Å². The third-order valence-corrected chi connectivity index (χ3v) is 7.77. The number of hydrogen-bond acceptors (Lipinski definition) is 4. The zero-order valence-electron chi connectivity index (χ0n) is 24.7. The van der Waals surface area contributed by atoms with E-state index in [-0.39, 0.29) is 23.8 Å². The highest BCUT2D eigenvalue weighted by Crippen LogP contribution is 2.40. The number of carbonyl (C=O) groups excluding carboxylic acids is 1. The van der Waals surface area contributed by atoms with Crippen molar-refractivity contribution >= 4 is 22.5 Å². The second kappa shape index (κ2) is 12.0. The van der Waals surface area contributed by atoms with Crippen LogP contribution in [0.3, 0.4) is 0 Å². The highest BCUT2D eigenvalue weighted by atomic mass is 16.5. The van der Waals surface area contributed by atoms with Crippen molar-refractivity contribution in [3.8, 4) is 23.3 Å². The van der Waals surface area contributed by atoms with Gasteiger partial charge in [-0.25, -0.2) is 0 Å². The van der Waals surface area contributed by atoms with Crippen LogP contribution in [0.15, 0.2) is 115 Å². The van der Waals surface area contributed by atoms with Gasteiger partial charge in [0.15, 0.2) is 0 Å². The number of anilines is 1. The van der Waals surface area contributed by atoms with Crippen LogP contribution >= 0.6 is 0 Å². The van der Waals surface area contributed by atoms with Gasteiger partial charge in [-0.1, -0.05) is 99.3 Å². The molecule has 2 atom stereocenters. The highest BCUT2D eigenvalue weighted by molar-refractivity contribution is 6.13. The molecule has 5 nitrogen and oxygen atoms in total. The van der Waals surface area contributed by atoms with Crippen LogP contribution in [0.2, 0.25) is 0 Å². The Balaban J connectivity index is 1.48. The first kappa shape index (κ1) is 28.1. The molecular weight excluding hydrogens is 532 g/mol. The molecule has 5 aromatic rings. The Morgan fingerprint density at radius 3 is 2.23 bits per heavy atom. The molecule has 2 heterocycles. The molecule has 0 saturated heterocycles. The predicted octanol–water partition coefficient (Wildman–Crippen LogP) is 7.81. The van der Waals surface area contributed by atoms with Crippen LogP contribution in [-0.4, -0.2) is 30.1 Å². The van der Waals surface area contributed by atoms with Crippen LogP contribution < -0.4 is 14.4 Å². The lowest BCUT2D eigenvalue weighted by Gasteiger charge is -2.40. The Morgan fingerprint density at radius 1 is 0.814 bits per heavy atom. The van der Waals surface area contributed by atoms with Gasteiger partial charge < -0.3 is 9.47 Å². The first-order valence-electron chi connectivity index (χ1n) is 14.6. The van der Waals surface area contributed by atoms with Gasteiger partial charge in [0, 0.05) is 17.1 Å². The largest absolute Gasteiger partial charge is 0.493 e. The maximum atomic E-state index is 14.5. The van der Waals surface area contributed by atoms with Gasteiger partial charge in [0.05, 0.1) is 23.7 Å². The van der Waals surface area contributed by atoms with E-state index >= 15 is 0 Å². The minimum Gasteiger partial charge on any atom is -0.493 e. The molecule has 0 saturated carbocycles. The minimum absolute atomic E-state index is 0.0930. The molecule has 0 spiro atoms. The summed E-state index contributed by atoms with van der Waals surface area (Å²) >= 11 is 0. The van der Waals surface area contributed by atoms with E-state index in [0.717, 1.165) is 39.2 Å². The van der Waals surface area contributed by atoms with Crippen LogP contribution in [0.4, 0.5) is 5.69 Å². The molecule has 1 aliphatic heterocycles. The average Bonchev–Trinajstić information content (AvgIpc) is 3.03. The van der Waals surface area contributed by atoms with Gasteiger partial charge in [-0.05, 0) is 59.0 Å². The van der Waals surface area contributed by atoms with Crippen molar-refractivity contribution in [3.63, 3.8) is 0 Å². The standard InChI is InChI=1S/C38H34N2O3/c1-38(2,3)28-21-22-31-32(25-28)33(26-43-30-17-8-5-9-18-30)34(20-12-24-42-29-15-6-4-7-16-29)40(37(31)41)35-19-10-13-27-14-11-23-39-36(27)35/h4-11,13-19,21-23,25,33-34H,24,26H2,1-3H3. The quantitative estimate of drug-likeness (QED) is 0.197. The maximum absolute atomic E-state index is 14.5. The number of aromatic nitrogens is 1. The van der Waals surface area contributed by atoms with Crippen LogP contribution in [0, 0.1) is 11.8 Å². The molecule has 0 N–H and O–H groups in total. The third kappa shape index (κ3) is 5.96. The fourth-order valence-electron chi connectivity index (χ4n) is 5.51. The second-order valence-electron chi connectivity index (χ2n) is 11.7. The summed E-state index contributed by atoms with van der Waals surface area (Å²) in [5.74, 6) is 7.85. The summed E-state index contributed by atoms with van der Waals surface area (Å²) in [6.45, 7) is 7.08. The van der Waals surface area contributed by atoms with Gasteiger partial charge in [0.25, 0.3) is 5.91 Å². The monoisotopic (exact) mass is 566 g/mol. The van der Waals surface area contributed by atoms with Crippen molar-refractivity contribution in [2.24, 2.45) is 0 Å². The Kier molecular flexibility index (Phi) is 7.85. The Bertz CT molecular complexity index is 1790. The van der Waals surface area contributed by atoms with Gasteiger partial charge >= 0.3 is 0 Å². The maximum Gasteiger partial charge on any atom is 0.259 e. The minimum atomic E-state index is -0.522. The second-order valence-corrected chi connectivity index (χ2v) is 11.7. The van der Waals surface area contributed by atoms with Gasteiger partial charge in [-0.15, -0.1) is 0 Å². The number of hydrogen-bond donors (Lipinski definition) is 0. The number of fused-ring (bicyclic) bond motifs is 2. The number of amides is 1. The molecule has 214 valence electrons. The molecule has 43 heavy (non-hydrogen) atoms. The average molecular weight is 567 g/mol. The number of carbonyl (C=O) groups is 1. The van der Waals surface area contributed by atoms with Crippen LogP contribution in [0.5, 0.6) is 11.5 Å². The van der Waals surface area contributed by atoms with E-state index in [0.29, 0.717) is 12.2 Å². The van der Waals surface area contributed by atoms with Crippen molar-refractivity contribution in [1.29, 1.82) is 0 Å². The lowest BCUT2D eigenvalue weighted by molar-refractivity contribution is 0.0963. The molecule has 0 bridgehead atoms. The molecule has 5 heteroatoms. The summed E-state index contributed by atoms with van der Waals surface area (Å²) in [5.41, 5.74) is 4.14. The number of pyridine rings is 1. The molecule has 0 radical (unpaired) electrons. The Labute approximate surface area is 253 Å². The van der Waals surface area contributed by atoms with Crippen LogP contribution in [0.25, 0.3) is 10.9 Å². The molecule has 0 aliphatic carbocycles. The lowest BCUT2D eigenvalue weighted by Crippen LogP contribution is -2.49. The first-order chi connectivity index (χ1) is 20.9. The van der Waals surface area contributed by atoms with Crippen LogP contribution in [0.1, 0.15) is 48.2 Å². The van der Waals surface area contributed by atoms with Crippen molar-refractivity contribution in [2.45, 2.75) is 38.1 Å². The van der Waals surface area contributed by atoms with E-state index in [1.807, 2.05) is 102 Å². The zero-order chi connectivity index (χ0) is 29.8. The van der Waals surface area contributed by atoms with Gasteiger partial charge in [0.1, 0.15) is 24.1 Å². The Hall–Kier alpha value is -5.08. The lowest BCUT2D eigenvalue weighted by atomic mass is 9.78. The fraction of sp³-hybridized carbons (Fsp3) is 0.211. The SMILES string of the molecule is CC(C)(C)c1ccc2c(c1)C(COc1ccccc1)C(C#CCOc1ccccc1)N(c1cccc3cccnc13)C2=O. The van der Waals surface area contributed by atoms with Crippen molar-refractivity contribution < 1.29 is 14.3 Å². The van der Waals surface area contributed by atoms with E-state index in [2.05, 4.69) is 49.7 Å². The Morgan fingerprint density at radius 2 is 1.51 bits per heavy atom. The fourth-order valence-corrected chi connectivity index (χ4v) is 5.51. The summed E-state index contributed by atoms with van der Waals surface area (Å²) in [7, 11) is 0.